The van der Waals surface area contributed by atoms with Gasteiger partial charge in [-0.3, -0.25) is 11.3 Å². The molecule has 0 aliphatic carbocycles. The van der Waals surface area contributed by atoms with Gasteiger partial charge >= 0.3 is 0 Å². The van der Waals surface area contributed by atoms with Crippen LogP contribution in [0.1, 0.15) is 22.2 Å². The standard InChI is InChI=1S/C11H14N2S2/c12-13-10(11-4-2-8-15-11)6-5-9-3-1-7-14-9/h1-4,7-8,10,13H,5-6,12H2. The lowest BCUT2D eigenvalue weighted by molar-refractivity contribution is 0.526. The predicted molar refractivity (Wildman–Crippen MR) is 67.0 cm³/mol. The largest absolute Gasteiger partial charge is 0.271 e. The van der Waals surface area contributed by atoms with Crippen molar-refractivity contribution in [3.8, 4) is 0 Å². The molecule has 2 heterocycles. The molecule has 1 unspecified atom stereocenters. The van der Waals surface area contributed by atoms with E-state index in [9.17, 15) is 0 Å². The highest BCUT2D eigenvalue weighted by molar-refractivity contribution is 7.10. The van der Waals surface area contributed by atoms with Gasteiger partial charge in [-0.1, -0.05) is 12.1 Å². The third-order valence-corrected chi connectivity index (χ3v) is 4.27. The molecule has 0 saturated heterocycles. The van der Waals surface area contributed by atoms with Crippen LogP contribution < -0.4 is 11.3 Å². The third kappa shape index (κ3) is 2.89. The zero-order valence-electron chi connectivity index (χ0n) is 8.35. The van der Waals surface area contributed by atoms with Crippen LogP contribution in [0.5, 0.6) is 0 Å². The quantitative estimate of drug-likeness (QED) is 0.621. The van der Waals surface area contributed by atoms with E-state index in [1.165, 1.54) is 9.75 Å². The molecular formula is C11H14N2S2. The van der Waals surface area contributed by atoms with Crippen LogP contribution in [0.25, 0.3) is 0 Å². The fourth-order valence-corrected chi connectivity index (χ4v) is 3.09. The first kappa shape index (κ1) is 10.8. The first-order chi connectivity index (χ1) is 7.40. The van der Waals surface area contributed by atoms with E-state index in [2.05, 4.69) is 40.5 Å². The van der Waals surface area contributed by atoms with Crippen molar-refractivity contribution in [3.63, 3.8) is 0 Å². The Labute approximate surface area is 97.7 Å². The van der Waals surface area contributed by atoms with Gasteiger partial charge in [-0.25, -0.2) is 0 Å². The summed E-state index contributed by atoms with van der Waals surface area (Å²) in [4.78, 5) is 2.74. The molecule has 4 heteroatoms. The third-order valence-electron chi connectivity index (χ3n) is 2.35. The average molecular weight is 238 g/mol. The number of hydrogen-bond acceptors (Lipinski definition) is 4. The second-order valence-corrected chi connectivity index (χ2v) is 5.36. The maximum absolute atomic E-state index is 5.56. The maximum Gasteiger partial charge on any atom is 0.0556 e. The summed E-state index contributed by atoms with van der Waals surface area (Å²) >= 11 is 3.56. The van der Waals surface area contributed by atoms with Gasteiger partial charge in [0.1, 0.15) is 0 Å². The summed E-state index contributed by atoms with van der Waals surface area (Å²) < 4.78 is 0. The molecule has 0 aliphatic rings. The number of hydrazine groups is 1. The Balaban J connectivity index is 1.92. The fraction of sp³-hybridized carbons (Fsp3) is 0.273. The Hall–Kier alpha value is -0.680. The summed E-state index contributed by atoms with van der Waals surface area (Å²) in [6.45, 7) is 0. The second-order valence-electron chi connectivity index (χ2n) is 3.35. The molecule has 0 radical (unpaired) electrons. The smallest absolute Gasteiger partial charge is 0.0556 e. The normalized spacial score (nSPS) is 12.9. The van der Waals surface area contributed by atoms with Gasteiger partial charge in [0.25, 0.3) is 0 Å². The number of rotatable bonds is 5. The highest BCUT2D eigenvalue weighted by Gasteiger charge is 2.10. The van der Waals surface area contributed by atoms with Crippen molar-refractivity contribution in [3.05, 3.63) is 44.8 Å². The van der Waals surface area contributed by atoms with E-state index < -0.39 is 0 Å². The van der Waals surface area contributed by atoms with Crippen molar-refractivity contribution in [1.29, 1.82) is 0 Å². The first-order valence-corrected chi connectivity index (χ1v) is 6.68. The van der Waals surface area contributed by atoms with Gasteiger partial charge in [0, 0.05) is 9.75 Å². The lowest BCUT2D eigenvalue weighted by Crippen LogP contribution is -2.27. The summed E-state index contributed by atoms with van der Waals surface area (Å²) in [6, 6.07) is 8.74. The van der Waals surface area contributed by atoms with Crippen LogP contribution in [0.15, 0.2) is 35.0 Å². The molecule has 15 heavy (non-hydrogen) atoms. The molecule has 0 spiro atoms. The van der Waals surface area contributed by atoms with Gasteiger partial charge < -0.3 is 0 Å². The molecule has 0 amide bonds. The van der Waals surface area contributed by atoms with Gasteiger partial charge in [-0.05, 0) is 35.7 Å². The van der Waals surface area contributed by atoms with E-state index >= 15 is 0 Å². The lowest BCUT2D eigenvalue weighted by atomic mass is 10.1. The summed E-state index contributed by atoms with van der Waals surface area (Å²) in [6.07, 6.45) is 2.14. The van der Waals surface area contributed by atoms with E-state index in [0.29, 0.717) is 0 Å². The van der Waals surface area contributed by atoms with Crippen molar-refractivity contribution in [1.82, 2.24) is 5.43 Å². The van der Waals surface area contributed by atoms with Crippen LogP contribution in [0.3, 0.4) is 0 Å². The van der Waals surface area contributed by atoms with Crippen LogP contribution >= 0.6 is 22.7 Å². The van der Waals surface area contributed by atoms with Crippen LogP contribution in [-0.2, 0) is 6.42 Å². The number of nitrogens with two attached hydrogens (primary N) is 1. The molecular weight excluding hydrogens is 224 g/mol. The molecule has 0 aliphatic heterocycles. The highest BCUT2D eigenvalue weighted by Crippen LogP contribution is 2.23. The SMILES string of the molecule is NNC(CCc1cccs1)c1cccs1. The Morgan fingerprint density at radius 2 is 2.00 bits per heavy atom. The van der Waals surface area contributed by atoms with Gasteiger partial charge in [0.05, 0.1) is 6.04 Å². The topological polar surface area (TPSA) is 38.0 Å². The Bertz CT molecular complexity index is 367. The monoisotopic (exact) mass is 238 g/mol. The zero-order valence-corrected chi connectivity index (χ0v) is 9.98. The minimum Gasteiger partial charge on any atom is -0.271 e. The number of aryl methyl sites for hydroxylation is 1. The van der Waals surface area contributed by atoms with E-state index in [-0.39, 0.29) is 6.04 Å². The van der Waals surface area contributed by atoms with E-state index in [1.54, 1.807) is 11.3 Å². The summed E-state index contributed by atoms with van der Waals surface area (Å²) in [5.41, 5.74) is 2.88. The summed E-state index contributed by atoms with van der Waals surface area (Å²) in [5, 5.41) is 4.20. The predicted octanol–water partition coefficient (Wildman–Crippen LogP) is 2.95. The van der Waals surface area contributed by atoms with Gasteiger partial charge in [-0.2, -0.15) is 0 Å². The minimum absolute atomic E-state index is 0.284. The van der Waals surface area contributed by atoms with E-state index in [1.807, 2.05) is 11.3 Å². The Morgan fingerprint density at radius 3 is 2.60 bits per heavy atom. The molecule has 2 nitrogen and oxygen atoms in total. The molecule has 0 saturated carbocycles. The number of thiophene rings is 2. The fourth-order valence-electron chi connectivity index (χ4n) is 1.54. The number of hydrogen-bond donors (Lipinski definition) is 2. The summed E-state index contributed by atoms with van der Waals surface area (Å²) in [7, 11) is 0. The maximum atomic E-state index is 5.56. The molecule has 0 bridgehead atoms. The molecule has 2 aromatic heterocycles. The molecule has 2 rings (SSSR count). The Kier molecular flexibility index (Phi) is 3.91. The first-order valence-electron chi connectivity index (χ1n) is 4.92. The molecule has 2 aromatic rings. The van der Waals surface area contributed by atoms with Crippen LogP contribution in [0.4, 0.5) is 0 Å². The highest BCUT2D eigenvalue weighted by atomic mass is 32.1. The van der Waals surface area contributed by atoms with Crippen molar-refractivity contribution in [2.75, 3.05) is 0 Å². The Morgan fingerprint density at radius 1 is 1.20 bits per heavy atom. The molecule has 80 valence electrons. The van der Waals surface area contributed by atoms with Crippen molar-refractivity contribution in [2.45, 2.75) is 18.9 Å². The molecule has 1 atom stereocenters. The van der Waals surface area contributed by atoms with Gasteiger partial charge in [0.2, 0.25) is 0 Å². The molecule has 3 N–H and O–H groups in total. The number of nitrogens with one attached hydrogen (secondary N) is 1. The van der Waals surface area contributed by atoms with Gasteiger partial charge in [0.15, 0.2) is 0 Å². The minimum atomic E-state index is 0.284. The van der Waals surface area contributed by atoms with Crippen molar-refractivity contribution in [2.24, 2.45) is 5.84 Å². The van der Waals surface area contributed by atoms with Crippen LogP contribution in [-0.4, -0.2) is 0 Å². The van der Waals surface area contributed by atoms with Crippen molar-refractivity contribution >= 4 is 22.7 Å². The average Bonchev–Trinajstić information content (AvgIpc) is 2.90. The lowest BCUT2D eigenvalue weighted by Gasteiger charge is -2.13. The summed E-state index contributed by atoms with van der Waals surface area (Å²) in [5.74, 6) is 5.56. The second kappa shape index (κ2) is 5.42. The molecule has 0 fully saturated rings. The van der Waals surface area contributed by atoms with Crippen molar-refractivity contribution < 1.29 is 0 Å². The van der Waals surface area contributed by atoms with Crippen LogP contribution in [0, 0.1) is 0 Å². The van der Waals surface area contributed by atoms with E-state index in [0.717, 1.165) is 12.8 Å². The van der Waals surface area contributed by atoms with Gasteiger partial charge in [-0.15, -0.1) is 22.7 Å². The van der Waals surface area contributed by atoms with E-state index in [4.69, 9.17) is 5.84 Å². The van der Waals surface area contributed by atoms with Crippen LogP contribution in [0.2, 0.25) is 0 Å². The zero-order chi connectivity index (χ0) is 10.5. The molecule has 0 aromatic carbocycles.